The first-order valence-corrected chi connectivity index (χ1v) is 3.60. The summed E-state index contributed by atoms with van der Waals surface area (Å²) in [6.45, 7) is 1.75. The molecule has 1 amide bonds. The van der Waals surface area contributed by atoms with E-state index in [-0.39, 0.29) is 5.69 Å². The second-order valence-electron chi connectivity index (χ2n) is 2.54. The van der Waals surface area contributed by atoms with Crippen molar-refractivity contribution in [2.45, 2.75) is 13.3 Å². The van der Waals surface area contributed by atoms with Crippen molar-refractivity contribution in [2.24, 2.45) is 0 Å². The van der Waals surface area contributed by atoms with Gasteiger partial charge in [0.25, 0.3) is 5.91 Å². The third-order valence-corrected chi connectivity index (χ3v) is 1.34. The minimum atomic E-state index is -3.00. The summed E-state index contributed by atoms with van der Waals surface area (Å²) in [4.78, 5) is 14.3. The number of nitrogens with zero attached hydrogens (tertiary/aromatic N) is 1. The van der Waals surface area contributed by atoms with E-state index in [1.807, 2.05) is 5.32 Å². The molecule has 5 heteroatoms. The van der Waals surface area contributed by atoms with Crippen molar-refractivity contribution < 1.29 is 13.6 Å². The molecule has 0 aromatic carbocycles. The first-order chi connectivity index (χ1) is 6.09. The Bertz CT molecular complexity index is 315. The Morgan fingerprint density at radius 1 is 1.54 bits per heavy atom. The molecule has 0 aliphatic rings. The average molecular weight is 186 g/mol. The zero-order chi connectivity index (χ0) is 9.84. The average Bonchev–Trinajstić information content (AvgIpc) is 2.04. The molecule has 0 aliphatic carbocycles. The number of pyridine rings is 1. The highest BCUT2D eigenvalue weighted by atomic mass is 19.3. The minimum Gasteiger partial charge on any atom is -0.320 e. The fraction of sp³-hybridized carbons (Fsp3) is 0.250. The van der Waals surface area contributed by atoms with Crippen LogP contribution in [-0.4, -0.2) is 17.3 Å². The number of hydrogen-bond donors (Lipinski definition) is 1. The van der Waals surface area contributed by atoms with Crippen LogP contribution in [0.1, 0.15) is 5.56 Å². The van der Waals surface area contributed by atoms with Crippen molar-refractivity contribution in [2.75, 3.05) is 5.32 Å². The quantitative estimate of drug-likeness (QED) is 0.762. The molecule has 0 atom stereocenters. The van der Waals surface area contributed by atoms with Crippen LogP contribution in [0, 0.1) is 6.92 Å². The van der Waals surface area contributed by atoms with E-state index in [1.54, 1.807) is 19.2 Å². The Labute approximate surface area is 73.8 Å². The van der Waals surface area contributed by atoms with E-state index in [2.05, 4.69) is 4.98 Å². The molecule has 1 rings (SSSR count). The number of carbonyl (C=O) groups is 1. The molecule has 0 saturated carbocycles. The number of halogens is 2. The van der Waals surface area contributed by atoms with Crippen LogP contribution in [-0.2, 0) is 4.79 Å². The smallest absolute Gasteiger partial charge is 0.315 e. The van der Waals surface area contributed by atoms with Gasteiger partial charge in [0.05, 0.1) is 11.9 Å². The molecule has 0 aliphatic heterocycles. The van der Waals surface area contributed by atoms with Gasteiger partial charge >= 0.3 is 6.43 Å². The number of aromatic nitrogens is 1. The number of hydrogen-bond acceptors (Lipinski definition) is 2. The van der Waals surface area contributed by atoms with Gasteiger partial charge < -0.3 is 5.32 Å². The first-order valence-electron chi connectivity index (χ1n) is 3.60. The number of aryl methyl sites for hydroxylation is 1. The third kappa shape index (κ3) is 2.77. The maximum Gasteiger partial charge on any atom is 0.315 e. The maximum atomic E-state index is 11.8. The van der Waals surface area contributed by atoms with Crippen LogP contribution in [0.3, 0.4) is 0 Å². The van der Waals surface area contributed by atoms with Crippen LogP contribution in [0.15, 0.2) is 18.5 Å². The minimum absolute atomic E-state index is 0.283. The van der Waals surface area contributed by atoms with Gasteiger partial charge in [-0.2, -0.15) is 8.78 Å². The molecule has 1 aromatic rings. The van der Waals surface area contributed by atoms with Gasteiger partial charge in [-0.3, -0.25) is 9.78 Å². The SMILES string of the molecule is Cc1cncc(NC(=O)C(F)F)c1. The van der Waals surface area contributed by atoms with Gasteiger partial charge in [0, 0.05) is 6.20 Å². The maximum absolute atomic E-state index is 11.8. The molecule has 0 radical (unpaired) electrons. The number of rotatable bonds is 2. The van der Waals surface area contributed by atoms with Crippen LogP contribution in [0.5, 0.6) is 0 Å². The van der Waals surface area contributed by atoms with Gasteiger partial charge in [-0.25, -0.2) is 0 Å². The largest absolute Gasteiger partial charge is 0.320 e. The normalized spacial score (nSPS) is 10.2. The zero-order valence-corrected chi connectivity index (χ0v) is 6.92. The van der Waals surface area contributed by atoms with E-state index >= 15 is 0 Å². The predicted octanol–water partition coefficient (Wildman–Crippen LogP) is 1.59. The van der Waals surface area contributed by atoms with Crippen molar-refractivity contribution in [1.82, 2.24) is 4.98 Å². The summed E-state index contributed by atoms with van der Waals surface area (Å²) >= 11 is 0. The second-order valence-corrected chi connectivity index (χ2v) is 2.54. The van der Waals surface area contributed by atoms with Crippen LogP contribution >= 0.6 is 0 Å². The first kappa shape index (κ1) is 9.57. The van der Waals surface area contributed by atoms with Crippen LogP contribution in [0.25, 0.3) is 0 Å². The van der Waals surface area contributed by atoms with E-state index in [4.69, 9.17) is 0 Å². The molecule has 13 heavy (non-hydrogen) atoms. The van der Waals surface area contributed by atoms with Crippen LogP contribution < -0.4 is 5.32 Å². The Morgan fingerprint density at radius 3 is 2.77 bits per heavy atom. The predicted molar refractivity (Wildman–Crippen MR) is 43.6 cm³/mol. The lowest BCUT2D eigenvalue weighted by Gasteiger charge is -2.03. The number of nitrogens with one attached hydrogen (secondary N) is 1. The van der Waals surface area contributed by atoms with Gasteiger partial charge in [-0.05, 0) is 18.6 Å². The Morgan fingerprint density at radius 2 is 2.23 bits per heavy atom. The zero-order valence-electron chi connectivity index (χ0n) is 6.92. The molecular formula is C8H8F2N2O. The van der Waals surface area contributed by atoms with Gasteiger partial charge in [0.1, 0.15) is 0 Å². The highest BCUT2D eigenvalue weighted by Crippen LogP contribution is 2.08. The summed E-state index contributed by atoms with van der Waals surface area (Å²) in [5, 5.41) is 2.03. The molecule has 1 heterocycles. The van der Waals surface area contributed by atoms with E-state index in [0.717, 1.165) is 5.56 Å². The van der Waals surface area contributed by atoms with Crippen LogP contribution in [0.2, 0.25) is 0 Å². The molecule has 0 bridgehead atoms. The number of anilines is 1. The summed E-state index contributed by atoms with van der Waals surface area (Å²) in [5.41, 5.74) is 1.08. The Kier molecular flexibility index (Phi) is 2.89. The second kappa shape index (κ2) is 3.93. The van der Waals surface area contributed by atoms with Crippen molar-refractivity contribution >= 4 is 11.6 Å². The van der Waals surface area contributed by atoms with Gasteiger partial charge in [-0.1, -0.05) is 0 Å². The highest BCUT2D eigenvalue weighted by Gasteiger charge is 2.14. The van der Waals surface area contributed by atoms with Crippen molar-refractivity contribution in [3.8, 4) is 0 Å². The van der Waals surface area contributed by atoms with Gasteiger partial charge in [0.2, 0.25) is 0 Å². The lowest BCUT2D eigenvalue weighted by Crippen LogP contribution is -2.20. The van der Waals surface area contributed by atoms with Crippen molar-refractivity contribution in [3.05, 3.63) is 24.0 Å². The Hall–Kier alpha value is -1.52. The third-order valence-electron chi connectivity index (χ3n) is 1.34. The topological polar surface area (TPSA) is 42.0 Å². The Balaban J connectivity index is 2.69. The fourth-order valence-electron chi connectivity index (χ4n) is 0.820. The summed E-state index contributed by atoms with van der Waals surface area (Å²) in [6.07, 6.45) is -0.119. The number of amides is 1. The molecule has 3 nitrogen and oxygen atoms in total. The van der Waals surface area contributed by atoms with Crippen molar-refractivity contribution in [1.29, 1.82) is 0 Å². The fourth-order valence-corrected chi connectivity index (χ4v) is 0.820. The molecular weight excluding hydrogens is 178 g/mol. The van der Waals surface area contributed by atoms with Crippen molar-refractivity contribution in [3.63, 3.8) is 0 Å². The summed E-state index contributed by atoms with van der Waals surface area (Å²) in [7, 11) is 0. The standard InChI is InChI=1S/C8H8F2N2O/c1-5-2-6(4-11-3-5)12-8(13)7(9)10/h2-4,7H,1H3,(H,12,13). The molecule has 70 valence electrons. The van der Waals surface area contributed by atoms with Gasteiger partial charge in [0.15, 0.2) is 0 Å². The highest BCUT2D eigenvalue weighted by molar-refractivity contribution is 5.92. The van der Waals surface area contributed by atoms with E-state index in [1.165, 1.54) is 6.20 Å². The summed E-state index contributed by atoms with van der Waals surface area (Å²) in [6, 6.07) is 1.56. The van der Waals surface area contributed by atoms with E-state index in [0.29, 0.717) is 0 Å². The summed E-state index contributed by atoms with van der Waals surface area (Å²) < 4.78 is 23.6. The molecule has 0 fully saturated rings. The van der Waals surface area contributed by atoms with Gasteiger partial charge in [-0.15, -0.1) is 0 Å². The number of carbonyl (C=O) groups excluding carboxylic acids is 1. The monoisotopic (exact) mass is 186 g/mol. The van der Waals surface area contributed by atoms with E-state index in [9.17, 15) is 13.6 Å². The molecule has 0 spiro atoms. The van der Waals surface area contributed by atoms with Crippen LogP contribution in [0.4, 0.5) is 14.5 Å². The molecule has 0 saturated heterocycles. The van der Waals surface area contributed by atoms with E-state index < -0.39 is 12.3 Å². The molecule has 1 aromatic heterocycles. The number of alkyl halides is 2. The molecule has 0 unspecified atom stereocenters. The molecule has 1 N–H and O–H groups in total. The summed E-state index contributed by atoms with van der Waals surface area (Å²) in [5.74, 6) is -1.31. The lowest BCUT2D eigenvalue weighted by molar-refractivity contribution is -0.126. The lowest BCUT2D eigenvalue weighted by atomic mass is 10.3.